The second kappa shape index (κ2) is 40.9. The fourth-order valence-electron chi connectivity index (χ4n) is 22.8. The molecule has 15 unspecified atom stereocenters. The van der Waals surface area contributed by atoms with Crippen LogP contribution >= 0.6 is 0 Å². The molecular formula is C87H140O42. The lowest BCUT2D eigenvalue weighted by atomic mass is 9.33. The van der Waals surface area contributed by atoms with Gasteiger partial charge in [-0.15, -0.1) is 0 Å². The quantitative estimate of drug-likeness (QED) is 0.00999. The van der Waals surface area contributed by atoms with Gasteiger partial charge < -0.3 is 188 Å². The Kier molecular flexibility index (Phi) is 33.0. The van der Waals surface area contributed by atoms with Gasteiger partial charge in [-0.25, -0.2) is 4.79 Å². The summed E-state index contributed by atoms with van der Waals surface area (Å²) in [6.45, 7) is 18.4. The first kappa shape index (κ1) is 104. The normalized spacial score (nSPS) is 48.4. The van der Waals surface area contributed by atoms with Gasteiger partial charge in [-0.05, 0) is 123 Å². The van der Waals surface area contributed by atoms with Crippen molar-refractivity contribution in [2.45, 2.75) is 406 Å². The number of aliphatic hydroxyl groups excluding tert-OH is 19. The van der Waals surface area contributed by atoms with Gasteiger partial charge in [-0.1, -0.05) is 93.7 Å². The number of carboxylic acids is 1. The van der Waals surface area contributed by atoms with Crippen LogP contribution in [0.15, 0.2) is 11.6 Å². The number of carboxylic acid groups (broad SMARTS) is 1. The highest BCUT2D eigenvalue weighted by molar-refractivity contribution is 5.80. The first-order valence-electron chi connectivity index (χ1n) is 45.4. The first-order chi connectivity index (χ1) is 60.5. The molecule has 42 nitrogen and oxygen atoms in total. The fourth-order valence-corrected chi connectivity index (χ4v) is 22.8. The average molecular weight is 1860 g/mol. The molecule has 12 rings (SSSR count). The largest absolute Gasteiger partial charge is 0.479 e. The van der Waals surface area contributed by atoms with Crippen LogP contribution in [0.5, 0.6) is 0 Å². The minimum absolute atomic E-state index is 0.0312. The Morgan fingerprint density at radius 1 is 0.543 bits per heavy atom. The van der Waals surface area contributed by atoms with Crippen LogP contribution in [0.3, 0.4) is 0 Å². The van der Waals surface area contributed by atoms with Crippen molar-refractivity contribution in [3.8, 4) is 0 Å². The van der Waals surface area contributed by atoms with Gasteiger partial charge in [0.15, 0.2) is 56.1 Å². The van der Waals surface area contributed by atoms with Crippen LogP contribution in [-0.4, -0.2) is 397 Å². The van der Waals surface area contributed by atoms with Crippen molar-refractivity contribution in [3.63, 3.8) is 0 Å². The summed E-state index contributed by atoms with van der Waals surface area (Å²) in [5, 5.41) is 235. The summed E-state index contributed by atoms with van der Waals surface area (Å²) >= 11 is 0. The Hall–Kier alpha value is -4.03. The molecule has 4 saturated carbocycles. The Morgan fingerprint density at radius 3 is 1.78 bits per heavy atom. The maximum atomic E-state index is 16.3. The number of aliphatic hydroxyl groups is 20. The number of hydrogen-bond acceptors (Lipinski definition) is 41. The van der Waals surface area contributed by atoms with Crippen molar-refractivity contribution in [1.82, 2.24) is 0 Å². The van der Waals surface area contributed by atoms with Gasteiger partial charge in [0.25, 0.3) is 0 Å². The molecule has 0 aromatic carbocycles. The smallest absolute Gasteiger partial charge is 0.335 e. The Bertz CT molecular complexity index is 3810. The van der Waals surface area contributed by atoms with Gasteiger partial charge in [0.05, 0.1) is 94.0 Å². The minimum atomic E-state index is -2.26. The monoisotopic (exact) mass is 1860 g/mol. The van der Waals surface area contributed by atoms with E-state index >= 15 is 4.79 Å². The minimum Gasteiger partial charge on any atom is -0.479 e. The molecule has 7 saturated heterocycles. The van der Waals surface area contributed by atoms with E-state index in [1.165, 1.54) is 13.8 Å². The molecule has 12 aliphatic rings. The zero-order valence-electron chi connectivity index (χ0n) is 74.9. The Labute approximate surface area is 747 Å². The maximum absolute atomic E-state index is 16.3. The molecule has 0 radical (unpaired) electrons. The van der Waals surface area contributed by atoms with Gasteiger partial charge in [0.1, 0.15) is 133 Å². The number of allylic oxidation sites excluding steroid dienone is 2. The van der Waals surface area contributed by atoms with Crippen molar-refractivity contribution in [2.24, 2.45) is 62.1 Å². The highest BCUT2D eigenvalue weighted by atomic mass is 16.8. The number of aldehydes is 1. The molecule has 7 aliphatic heterocycles. The van der Waals surface area contributed by atoms with E-state index in [2.05, 4.69) is 26.8 Å². The molecule has 5 aliphatic carbocycles. The lowest BCUT2D eigenvalue weighted by Gasteiger charge is -2.71. The number of ether oxygens (including phenoxy) is 16. The van der Waals surface area contributed by atoms with Gasteiger partial charge in [0, 0.05) is 12.8 Å². The highest BCUT2D eigenvalue weighted by Crippen LogP contribution is 2.76. The topological polar surface area (TPSA) is 658 Å². The molecule has 11 fully saturated rings. The summed E-state index contributed by atoms with van der Waals surface area (Å²) < 4.78 is 96.5. The van der Waals surface area contributed by atoms with Gasteiger partial charge in [-0.2, -0.15) is 0 Å². The standard InChI is InChI=1S/C87H140O42/c1-13-35(3)43(93)23-39(91)25-52(97)119-46(36(4)14-2)24-40(92)26-53(98)122-65-38(6)118-77(69(61(65)106)127-75-60(105)57(102)64(37(5)117-75)123-74-63(108)66(45(95)31-115-74)124-79-71(109)86(113,33-90)34-116-79)129-80(112)87-22-21-81(7,8)27-42(87)41-15-16-49-82(9)19-18-51(83(10,32-89)48(82)17-20-84(49,11)85(41,12)28-50(87)96)121-78-70(128-76-59(104)56(101)55(100)47(29-88)120-76)67(62(107)68(126-78)72(110)111)125-73-58(103)54(99)44(94)30-114-73/h15,32,35-40,42-51,54-71,73-79,88,90-96,99-109,113H,13-14,16-31,33-34H2,1-12H3,(H,110,111)/t35-,36-,37?,38?,39-,40-,42?,43-,44+,45?,46-,47?,48?,49?,50+,51-,54-,55-,56-,57+,58?,59?,60?,61?,62+,63-,64-,65+,66-,67-,68?,69+,70?,71+,73-,74?,75-,76-,77-,78+,79-,82-,83-,84+,85+,86?,87+/m0/s1. The molecule has 0 bridgehead atoms. The molecule has 42 heteroatoms. The van der Waals surface area contributed by atoms with Crippen molar-refractivity contribution in [2.75, 3.05) is 33.0 Å². The van der Waals surface area contributed by atoms with Crippen LogP contribution in [-0.2, 0) is 99.8 Å². The van der Waals surface area contributed by atoms with E-state index in [0.717, 1.165) is 11.9 Å². The van der Waals surface area contributed by atoms with Crippen LogP contribution < -0.4 is 0 Å². The maximum Gasteiger partial charge on any atom is 0.335 e. The third-order valence-electron chi connectivity index (χ3n) is 31.5. The van der Waals surface area contributed by atoms with Gasteiger partial charge in [0.2, 0.25) is 6.29 Å². The molecule has 47 atom stereocenters. The summed E-state index contributed by atoms with van der Waals surface area (Å²) in [6, 6.07) is 0. The first-order valence-corrected chi connectivity index (χ1v) is 45.4. The van der Waals surface area contributed by atoms with Crippen LogP contribution in [0.25, 0.3) is 0 Å². The Morgan fingerprint density at radius 2 is 1.13 bits per heavy atom. The highest BCUT2D eigenvalue weighted by Gasteiger charge is 2.74. The van der Waals surface area contributed by atoms with E-state index < -0.39 is 341 Å². The predicted molar refractivity (Wildman–Crippen MR) is 431 cm³/mol. The predicted octanol–water partition coefficient (Wildman–Crippen LogP) is -4.15. The van der Waals surface area contributed by atoms with E-state index in [4.69, 9.17) is 75.8 Å². The number of aliphatic carboxylic acids is 1. The van der Waals surface area contributed by atoms with Crippen molar-refractivity contribution in [1.29, 1.82) is 0 Å². The third kappa shape index (κ3) is 20.1. The average Bonchev–Trinajstić information content (AvgIpc) is 0.989. The number of carbonyl (C=O) groups is 5. The zero-order chi connectivity index (χ0) is 94.9. The summed E-state index contributed by atoms with van der Waals surface area (Å²) in [4.78, 5) is 71.3. The zero-order valence-corrected chi connectivity index (χ0v) is 74.9. The van der Waals surface area contributed by atoms with Crippen LogP contribution in [0, 0.1) is 62.1 Å². The van der Waals surface area contributed by atoms with E-state index in [9.17, 15) is 126 Å². The molecular weight excluding hydrogens is 1720 g/mol. The summed E-state index contributed by atoms with van der Waals surface area (Å²) in [7, 11) is 0. The number of esters is 3. The molecule has 7 heterocycles. The number of carbonyl (C=O) groups excluding carboxylic acids is 4. The lowest BCUT2D eigenvalue weighted by molar-refractivity contribution is -0.391. The third-order valence-corrected chi connectivity index (χ3v) is 31.5. The summed E-state index contributed by atoms with van der Waals surface area (Å²) in [5.41, 5.74) is -7.56. The molecule has 740 valence electrons. The second-order valence-corrected chi connectivity index (χ2v) is 40.3. The molecule has 21 N–H and O–H groups in total. The van der Waals surface area contributed by atoms with Crippen LogP contribution in [0.4, 0.5) is 0 Å². The van der Waals surface area contributed by atoms with E-state index in [0.29, 0.717) is 51.4 Å². The van der Waals surface area contributed by atoms with E-state index in [1.54, 1.807) is 20.8 Å². The van der Waals surface area contributed by atoms with Gasteiger partial charge in [-0.3, -0.25) is 14.4 Å². The number of fused-ring (bicyclic) bond motifs is 7. The molecule has 0 spiro atoms. The van der Waals surface area contributed by atoms with Crippen molar-refractivity contribution in [3.05, 3.63) is 11.6 Å². The lowest BCUT2D eigenvalue weighted by Crippen LogP contribution is -2.69. The Balaban J connectivity index is 0.805. The number of rotatable bonds is 32. The molecule has 129 heavy (non-hydrogen) atoms. The van der Waals surface area contributed by atoms with Gasteiger partial charge >= 0.3 is 23.9 Å². The number of hydrogen-bond donors (Lipinski definition) is 21. The molecule has 0 amide bonds. The molecule has 0 aromatic rings. The second-order valence-electron chi connectivity index (χ2n) is 40.3. The van der Waals surface area contributed by atoms with E-state index in [-0.39, 0.29) is 49.9 Å². The van der Waals surface area contributed by atoms with Crippen molar-refractivity contribution >= 4 is 30.2 Å². The SMILES string of the molecule is CC[C@H](C)[C@H](C[C@H](O)CC(=O)O[C@@H]1C(C)O[C@@H](OC(=O)[C@]23CCC(C)(C)CC2C2=CCC4[C@@]5(C)CC[C@H](O[C@@H]6OC(C(=O)O)[C@H](O)[C@H](O[C@@H]7OC[C@@H](O)[C@H](O)C7O)C6O[C@@H]6OC(CO)[C@H](O)[C@H](O)C6O)[C@@](C)(C=O)C5CC[C@@]4(C)[C@]2(C)C[C@H]3O)[C@H](O[C@@H]2OC(C)[C@H](OC3OCC(O)[C@H](O[C@@H]4OCC(O)(CO)[C@@H]4O)[C@@H]3O)[C@H](O)C2O)C1O)OC(=O)C[C@@H](O)C[C@H](O)[C@@H](C)CC. The summed E-state index contributed by atoms with van der Waals surface area (Å²) in [6.07, 6.45) is -59.7. The van der Waals surface area contributed by atoms with Crippen molar-refractivity contribution < 1.29 is 207 Å². The van der Waals surface area contributed by atoms with Crippen LogP contribution in [0.2, 0.25) is 0 Å². The van der Waals surface area contributed by atoms with Crippen LogP contribution in [0.1, 0.15) is 179 Å². The molecule has 0 aromatic heterocycles. The van der Waals surface area contributed by atoms with E-state index in [1.807, 2.05) is 27.7 Å². The summed E-state index contributed by atoms with van der Waals surface area (Å²) in [5.74, 6) is -6.88. The fraction of sp³-hybridized carbons (Fsp3) is 0.920.